The third kappa shape index (κ3) is 3.09. The lowest BCUT2D eigenvalue weighted by molar-refractivity contribution is 0.313. The molecule has 2 aromatic rings. The van der Waals surface area contributed by atoms with Crippen LogP contribution in [0.15, 0.2) is 42.5 Å². The van der Waals surface area contributed by atoms with Gasteiger partial charge in [0.25, 0.3) is 0 Å². The standard InChI is InChI=1S/C17H22N4O/c1-20-8-10-21(11-9-20)13-4-2-5-14(12-13)22-16-7-3-6-15(18)17(16)19/h2-7,12H,8-11,18-19H2,1H3. The number of nitrogens with zero attached hydrogens (tertiary/aromatic N) is 2. The summed E-state index contributed by atoms with van der Waals surface area (Å²) in [6.45, 7) is 4.21. The quantitative estimate of drug-likeness (QED) is 0.852. The fourth-order valence-corrected chi connectivity index (χ4v) is 2.59. The molecule has 1 fully saturated rings. The minimum Gasteiger partial charge on any atom is -0.455 e. The molecule has 116 valence electrons. The van der Waals surface area contributed by atoms with E-state index < -0.39 is 0 Å². The molecule has 3 rings (SSSR count). The van der Waals surface area contributed by atoms with Crippen LogP contribution in [-0.4, -0.2) is 38.1 Å². The van der Waals surface area contributed by atoms with E-state index in [1.54, 1.807) is 6.07 Å². The Labute approximate surface area is 131 Å². The van der Waals surface area contributed by atoms with E-state index in [4.69, 9.17) is 16.2 Å². The minimum absolute atomic E-state index is 0.479. The molecule has 0 spiro atoms. The number of benzene rings is 2. The van der Waals surface area contributed by atoms with E-state index in [0.717, 1.165) is 31.9 Å². The molecule has 22 heavy (non-hydrogen) atoms. The fraction of sp³-hybridized carbons (Fsp3) is 0.294. The number of hydrogen-bond acceptors (Lipinski definition) is 5. The molecule has 0 aromatic heterocycles. The number of para-hydroxylation sites is 1. The van der Waals surface area contributed by atoms with Crippen molar-refractivity contribution in [3.05, 3.63) is 42.5 Å². The molecule has 0 atom stereocenters. The highest BCUT2D eigenvalue weighted by atomic mass is 16.5. The molecule has 0 amide bonds. The van der Waals surface area contributed by atoms with E-state index in [2.05, 4.69) is 22.9 Å². The Balaban J connectivity index is 1.78. The summed E-state index contributed by atoms with van der Waals surface area (Å²) in [4.78, 5) is 4.71. The van der Waals surface area contributed by atoms with Crippen LogP contribution in [-0.2, 0) is 0 Å². The molecule has 5 nitrogen and oxygen atoms in total. The third-order valence-electron chi connectivity index (χ3n) is 4.01. The summed E-state index contributed by atoms with van der Waals surface area (Å²) in [6, 6.07) is 13.5. The number of piperazine rings is 1. The first-order chi connectivity index (χ1) is 10.6. The molecule has 2 aromatic carbocycles. The van der Waals surface area contributed by atoms with E-state index in [9.17, 15) is 0 Å². The van der Waals surface area contributed by atoms with Gasteiger partial charge in [0.2, 0.25) is 0 Å². The number of likely N-dealkylation sites (N-methyl/N-ethyl adjacent to an activating group) is 1. The van der Waals surface area contributed by atoms with Gasteiger partial charge in [-0.1, -0.05) is 12.1 Å². The maximum atomic E-state index is 5.96. The molecular weight excluding hydrogens is 276 g/mol. The molecule has 0 radical (unpaired) electrons. The minimum atomic E-state index is 0.479. The summed E-state index contributed by atoms with van der Waals surface area (Å²) in [5, 5.41) is 0. The Morgan fingerprint density at radius 3 is 2.45 bits per heavy atom. The van der Waals surface area contributed by atoms with Crippen LogP contribution in [0.2, 0.25) is 0 Å². The van der Waals surface area contributed by atoms with Gasteiger partial charge in [-0.3, -0.25) is 0 Å². The fourth-order valence-electron chi connectivity index (χ4n) is 2.59. The number of nitrogen functional groups attached to an aromatic ring is 2. The molecular formula is C17H22N4O. The van der Waals surface area contributed by atoms with Crippen LogP contribution in [0.1, 0.15) is 0 Å². The zero-order chi connectivity index (χ0) is 15.5. The lowest BCUT2D eigenvalue weighted by Gasteiger charge is -2.34. The molecule has 0 unspecified atom stereocenters. The van der Waals surface area contributed by atoms with Gasteiger partial charge in [-0.25, -0.2) is 0 Å². The first-order valence-corrected chi connectivity index (χ1v) is 7.49. The SMILES string of the molecule is CN1CCN(c2cccc(Oc3cccc(N)c3N)c2)CC1. The highest BCUT2D eigenvalue weighted by Crippen LogP contribution is 2.32. The highest BCUT2D eigenvalue weighted by molar-refractivity contribution is 5.71. The second-order valence-electron chi connectivity index (χ2n) is 5.65. The lowest BCUT2D eigenvalue weighted by atomic mass is 10.2. The molecule has 1 saturated heterocycles. The average molecular weight is 298 g/mol. The van der Waals surface area contributed by atoms with E-state index in [0.29, 0.717) is 17.1 Å². The summed E-state index contributed by atoms with van der Waals surface area (Å²) >= 11 is 0. The van der Waals surface area contributed by atoms with Crippen molar-refractivity contribution in [3.8, 4) is 11.5 Å². The van der Waals surface area contributed by atoms with Crippen molar-refractivity contribution in [2.45, 2.75) is 0 Å². The molecule has 1 aliphatic heterocycles. The van der Waals surface area contributed by atoms with Crippen molar-refractivity contribution in [2.24, 2.45) is 0 Å². The van der Waals surface area contributed by atoms with Crippen molar-refractivity contribution < 1.29 is 4.74 Å². The van der Waals surface area contributed by atoms with Crippen molar-refractivity contribution in [1.82, 2.24) is 4.90 Å². The molecule has 1 aliphatic rings. The van der Waals surface area contributed by atoms with E-state index >= 15 is 0 Å². The highest BCUT2D eigenvalue weighted by Gasteiger charge is 2.15. The molecule has 4 N–H and O–H groups in total. The van der Waals surface area contributed by atoms with Crippen molar-refractivity contribution in [1.29, 1.82) is 0 Å². The number of hydrogen-bond donors (Lipinski definition) is 2. The summed E-state index contributed by atoms with van der Waals surface area (Å²) in [5.41, 5.74) is 14.0. The Kier molecular flexibility index (Phi) is 4.06. The van der Waals surface area contributed by atoms with Gasteiger partial charge < -0.3 is 26.0 Å². The third-order valence-corrected chi connectivity index (χ3v) is 4.01. The number of ether oxygens (including phenoxy) is 1. The van der Waals surface area contributed by atoms with Crippen LogP contribution >= 0.6 is 0 Å². The van der Waals surface area contributed by atoms with Crippen molar-refractivity contribution >= 4 is 17.1 Å². The first kappa shape index (κ1) is 14.5. The summed E-state index contributed by atoms with van der Waals surface area (Å²) < 4.78 is 5.90. The van der Waals surface area contributed by atoms with Crippen molar-refractivity contribution in [3.63, 3.8) is 0 Å². The molecule has 0 bridgehead atoms. The Hall–Kier alpha value is -2.40. The zero-order valence-corrected chi connectivity index (χ0v) is 12.8. The normalized spacial score (nSPS) is 15.8. The van der Waals surface area contributed by atoms with Gasteiger partial charge in [0, 0.05) is 37.9 Å². The summed E-state index contributed by atoms with van der Waals surface area (Å²) in [7, 11) is 2.15. The second kappa shape index (κ2) is 6.15. The van der Waals surface area contributed by atoms with Gasteiger partial charge in [0.15, 0.2) is 5.75 Å². The van der Waals surface area contributed by atoms with Crippen LogP contribution in [0, 0.1) is 0 Å². The number of rotatable bonds is 3. The molecule has 0 saturated carbocycles. The maximum Gasteiger partial charge on any atom is 0.152 e. The monoisotopic (exact) mass is 298 g/mol. The van der Waals surface area contributed by atoms with Crippen LogP contribution in [0.3, 0.4) is 0 Å². The zero-order valence-electron chi connectivity index (χ0n) is 12.8. The van der Waals surface area contributed by atoms with Gasteiger partial charge >= 0.3 is 0 Å². The number of anilines is 3. The largest absolute Gasteiger partial charge is 0.455 e. The van der Waals surface area contributed by atoms with Gasteiger partial charge in [-0.05, 0) is 31.3 Å². The molecule has 5 heteroatoms. The van der Waals surface area contributed by atoms with Gasteiger partial charge in [-0.15, -0.1) is 0 Å². The number of nitrogens with two attached hydrogens (primary N) is 2. The molecule has 1 heterocycles. The maximum absolute atomic E-state index is 5.96. The Morgan fingerprint density at radius 1 is 0.955 bits per heavy atom. The van der Waals surface area contributed by atoms with Crippen molar-refractivity contribution in [2.75, 3.05) is 49.6 Å². The van der Waals surface area contributed by atoms with Crippen LogP contribution in [0.5, 0.6) is 11.5 Å². The molecule has 0 aliphatic carbocycles. The van der Waals surface area contributed by atoms with E-state index in [1.165, 1.54) is 5.69 Å². The van der Waals surface area contributed by atoms with Gasteiger partial charge in [0.05, 0.1) is 11.4 Å². The first-order valence-electron chi connectivity index (χ1n) is 7.49. The summed E-state index contributed by atoms with van der Waals surface area (Å²) in [6.07, 6.45) is 0. The average Bonchev–Trinajstić information content (AvgIpc) is 2.53. The van der Waals surface area contributed by atoms with E-state index in [1.807, 2.05) is 30.3 Å². The Bertz CT molecular complexity index is 651. The van der Waals surface area contributed by atoms with Gasteiger partial charge in [0.1, 0.15) is 5.75 Å². The lowest BCUT2D eigenvalue weighted by Crippen LogP contribution is -2.44. The topological polar surface area (TPSA) is 67.8 Å². The van der Waals surface area contributed by atoms with Crippen LogP contribution in [0.4, 0.5) is 17.1 Å². The predicted molar refractivity (Wildman–Crippen MR) is 91.5 cm³/mol. The van der Waals surface area contributed by atoms with Crippen LogP contribution < -0.4 is 21.1 Å². The van der Waals surface area contributed by atoms with E-state index in [-0.39, 0.29) is 0 Å². The van der Waals surface area contributed by atoms with Crippen LogP contribution in [0.25, 0.3) is 0 Å². The smallest absolute Gasteiger partial charge is 0.152 e. The Morgan fingerprint density at radius 2 is 1.68 bits per heavy atom. The predicted octanol–water partition coefficient (Wildman–Crippen LogP) is 2.40. The summed E-state index contributed by atoms with van der Waals surface area (Å²) in [5.74, 6) is 1.37. The van der Waals surface area contributed by atoms with Gasteiger partial charge in [-0.2, -0.15) is 0 Å². The second-order valence-corrected chi connectivity index (χ2v) is 5.65.